The summed E-state index contributed by atoms with van der Waals surface area (Å²) in [6, 6.07) is 20.6. The Bertz CT molecular complexity index is 1270. The number of aromatic hydroxyl groups is 1. The maximum absolute atomic E-state index is 12.5. The van der Waals surface area contributed by atoms with Crippen molar-refractivity contribution in [1.82, 2.24) is 14.8 Å². The largest absolute Gasteiger partial charge is 0.507 e. The molecule has 0 unspecified atom stereocenters. The van der Waals surface area contributed by atoms with Crippen LogP contribution in [0.5, 0.6) is 5.75 Å². The van der Waals surface area contributed by atoms with Crippen molar-refractivity contribution >= 4 is 39.3 Å². The van der Waals surface area contributed by atoms with Crippen molar-refractivity contribution in [1.29, 1.82) is 0 Å². The van der Waals surface area contributed by atoms with Crippen LogP contribution in [0.4, 0.5) is 5.69 Å². The van der Waals surface area contributed by atoms with E-state index in [4.69, 9.17) is 0 Å². The predicted molar refractivity (Wildman–Crippen MR) is 131 cm³/mol. The third-order valence-corrected chi connectivity index (χ3v) is 6.24. The Morgan fingerprint density at radius 3 is 2.59 bits per heavy atom. The third-order valence-electron chi connectivity index (χ3n) is 4.82. The third kappa shape index (κ3) is 4.87. The first-order chi connectivity index (χ1) is 15.4. The van der Waals surface area contributed by atoms with Gasteiger partial charge in [0.15, 0.2) is 11.0 Å². The molecule has 8 heteroatoms. The normalized spacial score (nSPS) is 10.8. The minimum Gasteiger partial charge on any atom is -0.507 e. The van der Waals surface area contributed by atoms with Gasteiger partial charge in [-0.15, -0.1) is 10.2 Å². The molecule has 2 N–H and O–H groups in total. The molecule has 0 radical (unpaired) electrons. The number of halogens is 1. The smallest absolute Gasteiger partial charge is 0.234 e. The number of hydrogen-bond donors (Lipinski definition) is 2. The molecular weight excluding hydrogens is 488 g/mol. The van der Waals surface area contributed by atoms with Crippen LogP contribution in [0.3, 0.4) is 0 Å². The molecule has 0 fully saturated rings. The molecule has 0 bridgehead atoms. The van der Waals surface area contributed by atoms with Crippen LogP contribution in [0.25, 0.3) is 17.1 Å². The number of hydrogen-bond acceptors (Lipinski definition) is 5. The van der Waals surface area contributed by atoms with Gasteiger partial charge in [0.2, 0.25) is 5.91 Å². The van der Waals surface area contributed by atoms with E-state index in [0.717, 1.165) is 27.0 Å². The van der Waals surface area contributed by atoms with Gasteiger partial charge in [-0.2, -0.15) is 0 Å². The molecule has 0 spiro atoms. The molecule has 3 aromatic carbocycles. The van der Waals surface area contributed by atoms with E-state index in [-0.39, 0.29) is 17.4 Å². The molecule has 1 aromatic heterocycles. The van der Waals surface area contributed by atoms with Crippen LogP contribution in [0.1, 0.15) is 11.1 Å². The van der Waals surface area contributed by atoms with Crippen molar-refractivity contribution in [2.75, 3.05) is 11.1 Å². The molecule has 1 heterocycles. The van der Waals surface area contributed by atoms with E-state index < -0.39 is 0 Å². The second-order valence-electron chi connectivity index (χ2n) is 7.30. The number of rotatable bonds is 6. The summed E-state index contributed by atoms with van der Waals surface area (Å²) in [6.45, 7) is 4.05. The Morgan fingerprint density at radius 1 is 1.06 bits per heavy atom. The van der Waals surface area contributed by atoms with E-state index >= 15 is 0 Å². The van der Waals surface area contributed by atoms with Crippen LogP contribution in [-0.2, 0) is 4.79 Å². The molecular formula is C24H21BrN4O2S. The van der Waals surface area contributed by atoms with E-state index in [1.807, 2.05) is 60.9 Å². The number of anilines is 1. The highest BCUT2D eigenvalue weighted by Crippen LogP contribution is 2.35. The molecule has 0 atom stereocenters. The number of carbonyl (C=O) groups excluding carboxylic acids is 1. The van der Waals surface area contributed by atoms with Gasteiger partial charge in [-0.3, -0.25) is 9.36 Å². The topological polar surface area (TPSA) is 80.0 Å². The van der Waals surface area contributed by atoms with Crippen LogP contribution >= 0.6 is 27.7 Å². The van der Waals surface area contributed by atoms with Gasteiger partial charge in [-0.25, -0.2) is 0 Å². The highest BCUT2D eigenvalue weighted by molar-refractivity contribution is 9.10. The number of thioether (sulfide) groups is 1. The molecule has 6 nitrogen and oxygen atoms in total. The summed E-state index contributed by atoms with van der Waals surface area (Å²) in [6.07, 6.45) is 0. The average Bonchev–Trinajstić information content (AvgIpc) is 3.18. The summed E-state index contributed by atoms with van der Waals surface area (Å²) in [5, 5.41) is 22.7. The fourth-order valence-electron chi connectivity index (χ4n) is 3.35. The van der Waals surface area contributed by atoms with Crippen molar-refractivity contribution < 1.29 is 9.90 Å². The summed E-state index contributed by atoms with van der Waals surface area (Å²) in [4.78, 5) is 12.5. The Kier molecular flexibility index (Phi) is 6.62. The zero-order chi connectivity index (χ0) is 22.7. The van der Waals surface area contributed by atoms with Gasteiger partial charge in [-0.05, 0) is 55.8 Å². The second-order valence-corrected chi connectivity index (χ2v) is 9.15. The number of amides is 1. The van der Waals surface area contributed by atoms with E-state index in [1.165, 1.54) is 11.8 Å². The Hall–Kier alpha value is -3.10. The Balaban J connectivity index is 1.70. The molecule has 0 aliphatic carbocycles. The van der Waals surface area contributed by atoms with E-state index in [0.29, 0.717) is 16.5 Å². The first-order valence-corrected chi connectivity index (χ1v) is 11.7. The van der Waals surface area contributed by atoms with Crippen LogP contribution in [0.15, 0.2) is 76.4 Å². The number of aryl methyl sites for hydroxylation is 2. The molecule has 4 rings (SSSR count). The fourth-order valence-corrected chi connectivity index (χ4v) is 4.45. The first kappa shape index (κ1) is 22.1. The number of nitrogens with zero attached hydrogens (tertiary/aromatic N) is 3. The van der Waals surface area contributed by atoms with Crippen molar-refractivity contribution in [2.24, 2.45) is 0 Å². The lowest BCUT2D eigenvalue weighted by atomic mass is 10.1. The lowest BCUT2D eigenvalue weighted by Crippen LogP contribution is -2.14. The zero-order valence-corrected chi connectivity index (χ0v) is 19.9. The number of aromatic nitrogens is 3. The van der Waals surface area contributed by atoms with Gasteiger partial charge in [0.25, 0.3) is 0 Å². The Labute approximate surface area is 198 Å². The van der Waals surface area contributed by atoms with Gasteiger partial charge in [0, 0.05) is 10.2 Å². The minimum absolute atomic E-state index is 0.102. The van der Waals surface area contributed by atoms with Crippen LogP contribution in [0, 0.1) is 13.8 Å². The molecule has 0 saturated heterocycles. The molecule has 0 saturated carbocycles. The van der Waals surface area contributed by atoms with Crippen LogP contribution in [-0.4, -0.2) is 31.5 Å². The highest BCUT2D eigenvalue weighted by atomic mass is 79.9. The van der Waals surface area contributed by atoms with Crippen molar-refractivity contribution in [3.63, 3.8) is 0 Å². The molecule has 4 aromatic rings. The molecule has 1 amide bonds. The summed E-state index contributed by atoms with van der Waals surface area (Å²) >= 11 is 4.75. The second kappa shape index (κ2) is 9.58. The van der Waals surface area contributed by atoms with Crippen LogP contribution < -0.4 is 5.32 Å². The van der Waals surface area contributed by atoms with Gasteiger partial charge in [0.1, 0.15) is 5.75 Å². The van der Waals surface area contributed by atoms with E-state index in [1.54, 1.807) is 18.2 Å². The minimum atomic E-state index is -0.136. The molecule has 0 aliphatic rings. The van der Waals surface area contributed by atoms with Crippen molar-refractivity contribution in [3.8, 4) is 22.8 Å². The SMILES string of the molecule is Cc1ccc(-n2c(SCC(=O)Nc3ccccc3)nnc2-c2cc(Br)ccc2O)c(C)c1. The zero-order valence-electron chi connectivity index (χ0n) is 17.5. The van der Waals surface area contributed by atoms with Crippen molar-refractivity contribution in [3.05, 3.63) is 82.3 Å². The van der Waals surface area contributed by atoms with E-state index in [2.05, 4.69) is 37.5 Å². The lowest BCUT2D eigenvalue weighted by molar-refractivity contribution is -0.113. The highest BCUT2D eigenvalue weighted by Gasteiger charge is 2.21. The van der Waals surface area contributed by atoms with Gasteiger partial charge in [-0.1, -0.05) is 63.6 Å². The quantitative estimate of drug-likeness (QED) is 0.324. The van der Waals surface area contributed by atoms with E-state index in [9.17, 15) is 9.90 Å². The molecule has 32 heavy (non-hydrogen) atoms. The van der Waals surface area contributed by atoms with Crippen molar-refractivity contribution in [2.45, 2.75) is 19.0 Å². The summed E-state index contributed by atoms with van der Waals surface area (Å²) in [5.74, 6) is 0.637. The predicted octanol–water partition coefficient (Wildman–Crippen LogP) is 5.75. The van der Waals surface area contributed by atoms with Gasteiger partial charge < -0.3 is 10.4 Å². The number of carbonyl (C=O) groups is 1. The van der Waals surface area contributed by atoms with Gasteiger partial charge in [0.05, 0.1) is 17.0 Å². The number of para-hydroxylation sites is 1. The number of phenols is 1. The number of phenolic OH excluding ortho intramolecular Hbond substituents is 1. The Morgan fingerprint density at radius 2 is 1.84 bits per heavy atom. The maximum Gasteiger partial charge on any atom is 0.234 e. The monoisotopic (exact) mass is 508 g/mol. The fraction of sp³-hybridized carbons (Fsp3) is 0.125. The van der Waals surface area contributed by atoms with Gasteiger partial charge >= 0.3 is 0 Å². The number of nitrogens with one attached hydrogen (secondary N) is 1. The molecule has 162 valence electrons. The maximum atomic E-state index is 12.5. The first-order valence-electron chi connectivity index (χ1n) is 9.92. The summed E-state index contributed by atoms with van der Waals surface area (Å²) in [5.41, 5.74) is 4.36. The average molecular weight is 509 g/mol. The lowest BCUT2D eigenvalue weighted by Gasteiger charge is -2.14. The summed E-state index contributed by atoms with van der Waals surface area (Å²) in [7, 11) is 0. The van der Waals surface area contributed by atoms with Crippen LogP contribution in [0.2, 0.25) is 0 Å². The number of benzene rings is 3. The standard InChI is InChI=1S/C24H21BrN4O2S/c1-15-8-10-20(16(2)12-15)29-23(19-13-17(25)9-11-21(19)30)27-28-24(29)32-14-22(31)26-18-6-4-3-5-7-18/h3-13,30H,14H2,1-2H3,(H,26,31). The summed E-state index contributed by atoms with van der Waals surface area (Å²) < 4.78 is 2.70. The molecule has 0 aliphatic heterocycles.